The van der Waals surface area contributed by atoms with E-state index < -0.39 is 12.1 Å². The summed E-state index contributed by atoms with van der Waals surface area (Å²) in [6.45, 7) is 1.49. The van der Waals surface area contributed by atoms with Crippen LogP contribution in [0.5, 0.6) is 0 Å². The number of carbonyl (C=O) groups excluding carboxylic acids is 1. The standard InChI is InChI=1S/C13H13NO4/c1-13(9-14)16-12(17-18-13)7-6-10-4-2-3-5-11(10)8-15/h2-5,8,12H,6-7H2,1H3/t12-,13-/m0/s1. The second kappa shape index (κ2) is 5.27. The number of carbonyl (C=O) groups is 1. The average Bonchev–Trinajstić information content (AvgIpc) is 2.79. The maximum absolute atomic E-state index is 10.8. The van der Waals surface area contributed by atoms with E-state index in [9.17, 15) is 4.79 Å². The zero-order valence-electron chi connectivity index (χ0n) is 9.96. The van der Waals surface area contributed by atoms with Crippen LogP contribution in [-0.2, 0) is 20.9 Å². The van der Waals surface area contributed by atoms with Crippen LogP contribution in [0.4, 0.5) is 0 Å². The van der Waals surface area contributed by atoms with E-state index in [0.717, 1.165) is 11.8 Å². The maximum Gasteiger partial charge on any atom is 0.288 e. The quantitative estimate of drug-likeness (QED) is 0.601. The van der Waals surface area contributed by atoms with Gasteiger partial charge in [-0.05, 0) is 12.0 Å². The highest BCUT2D eigenvalue weighted by Gasteiger charge is 2.39. The zero-order chi connectivity index (χ0) is 13.0. The van der Waals surface area contributed by atoms with Gasteiger partial charge < -0.3 is 4.74 Å². The van der Waals surface area contributed by atoms with Gasteiger partial charge in [0.25, 0.3) is 5.79 Å². The lowest BCUT2D eigenvalue weighted by Crippen LogP contribution is -2.24. The monoisotopic (exact) mass is 247 g/mol. The zero-order valence-corrected chi connectivity index (χ0v) is 9.96. The Kier molecular flexibility index (Phi) is 3.72. The van der Waals surface area contributed by atoms with Crippen LogP contribution in [0.15, 0.2) is 24.3 Å². The summed E-state index contributed by atoms with van der Waals surface area (Å²) in [6.07, 6.45) is 1.36. The first-order valence-electron chi connectivity index (χ1n) is 5.63. The summed E-state index contributed by atoms with van der Waals surface area (Å²) in [7, 11) is 0. The summed E-state index contributed by atoms with van der Waals surface area (Å²) in [6, 6.07) is 9.18. The Balaban J connectivity index is 1.93. The predicted molar refractivity (Wildman–Crippen MR) is 61.2 cm³/mol. The van der Waals surface area contributed by atoms with Gasteiger partial charge in [0.15, 0.2) is 6.29 Å². The third-order valence-corrected chi connectivity index (χ3v) is 2.71. The van der Waals surface area contributed by atoms with E-state index >= 15 is 0 Å². The molecule has 94 valence electrons. The number of aryl methyl sites for hydroxylation is 1. The molecule has 2 atom stereocenters. The molecule has 0 unspecified atom stereocenters. The molecule has 1 aliphatic rings. The Morgan fingerprint density at radius 3 is 2.94 bits per heavy atom. The lowest BCUT2D eigenvalue weighted by Gasteiger charge is -2.10. The van der Waals surface area contributed by atoms with Crippen molar-refractivity contribution >= 4 is 6.29 Å². The van der Waals surface area contributed by atoms with E-state index in [0.29, 0.717) is 18.4 Å². The summed E-state index contributed by atoms with van der Waals surface area (Å²) in [5.74, 6) is -1.34. The van der Waals surface area contributed by atoms with Gasteiger partial charge in [0.2, 0.25) is 0 Å². The Morgan fingerprint density at radius 2 is 2.28 bits per heavy atom. The fraction of sp³-hybridized carbons (Fsp3) is 0.385. The second-order valence-corrected chi connectivity index (χ2v) is 4.14. The molecule has 5 heteroatoms. The molecule has 1 aromatic rings. The van der Waals surface area contributed by atoms with Crippen LogP contribution in [-0.4, -0.2) is 18.4 Å². The minimum Gasteiger partial charge on any atom is -0.303 e. The molecule has 0 aliphatic carbocycles. The van der Waals surface area contributed by atoms with Gasteiger partial charge in [-0.25, -0.2) is 4.89 Å². The molecular weight excluding hydrogens is 234 g/mol. The number of benzene rings is 1. The molecule has 0 saturated carbocycles. The smallest absolute Gasteiger partial charge is 0.288 e. The SMILES string of the molecule is C[C@@]1(C#N)OO[C@@H](CCc2ccccc2C=O)O1. The van der Waals surface area contributed by atoms with Crippen LogP contribution in [0.3, 0.4) is 0 Å². The summed E-state index contributed by atoms with van der Waals surface area (Å²) in [4.78, 5) is 20.6. The number of rotatable bonds is 4. The molecule has 5 nitrogen and oxygen atoms in total. The van der Waals surface area contributed by atoms with Gasteiger partial charge in [-0.15, -0.1) is 0 Å². The molecule has 0 N–H and O–H groups in total. The van der Waals surface area contributed by atoms with E-state index in [2.05, 4.69) is 0 Å². The van der Waals surface area contributed by atoms with Crippen molar-refractivity contribution in [2.75, 3.05) is 0 Å². The van der Waals surface area contributed by atoms with Gasteiger partial charge in [-0.2, -0.15) is 10.1 Å². The third kappa shape index (κ3) is 2.74. The van der Waals surface area contributed by atoms with Gasteiger partial charge in [0.05, 0.1) is 0 Å². The van der Waals surface area contributed by atoms with Crippen LogP contribution < -0.4 is 0 Å². The van der Waals surface area contributed by atoms with Crippen molar-refractivity contribution in [2.24, 2.45) is 0 Å². The first-order chi connectivity index (χ1) is 8.67. The Bertz CT molecular complexity index is 482. The van der Waals surface area contributed by atoms with Crippen molar-refractivity contribution in [3.63, 3.8) is 0 Å². The largest absolute Gasteiger partial charge is 0.303 e. The van der Waals surface area contributed by atoms with E-state index in [1.165, 1.54) is 6.92 Å². The topological polar surface area (TPSA) is 68.5 Å². The molecular formula is C13H13NO4. The first kappa shape index (κ1) is 12.7. The number of nitriles is 1. The van der Waals surface area contributed by atoms with Gasteiger partial charge in [0.1, 0.15) is 12.4 Å². The summed E-state index contributed by atoms with van der Waals surface area (Å²) >= 11 is 0. The highest BCUT2D eigenvalue weighted by molar-refractivity contribution is 5.77. The molecule has 1 fully saturated rings. The number of hydrogen-bond acceptors (Lipinski definition) is 5. The van der Waals surface area contributed by atoms with Crippen LogP contribution >= 0.6 is 0 Å². The molecule has 1 heterocycles. The Labute approximate surface area is 105 Å². The molecule has 0 amide bonds. The van der Waals surface area contributed by atoms with Gasteiger partial charge in [-0.1, -0.05) is 24.3 Å². The lowest BCUT2D eigenvalue weighted by atomic mass is 10.0. The van der Waals surface area contributed by atoms with E-state index in [-0.39, 0.29) is 0 Å². The molecule has 18 heavy (non-hydrogen) atoms. The fourth-order valence-electron chi connectivity index (χ4n) is 1.74. The summed E-state index contributed by atoms with van der Waals surface area (Å²) < 4.78 is 5.30. The number of nitrogens with zero attached hydrogens (tertiary/aromatic N) is 1. The highest BCUT2D eigenvalue weighted by atomic mass is 17.3. The van der Waals surface area contributed by atoms with Crippen LogP contribution in [0.2, 0.25) is 0 Å². The van der Waals surface area contributed by atoms with Gasteiger partial charge in [-0.3, -0.25) is 4.79 Å². The van der Waals surface area contributed by atoms with Crippen LogP contribution in [0.25, 0.3) is 0 Å². The first-order valence-corrected chi connectivity index (χ1v) is 5.63. The minimum atomic E-state index is -1.34. The molecule has 0 spiro atoms. The fourth-order valence-corrected chi connectivity index (χ4v) is 1.74. The Morgan fingerprint density at radius 1 is 1.50 bits per heavy atom. The van der Waals surface area contributed by atoms with Crippen LogP contribution in [0, 0.1) is 11.3 Å². The van der Waals surface area contributed by atoms with Crippen molar-refractivity contribution in [2.45, 2.75) is 31.8 Å². The lowest BCUT2D eigenvalue weighted by molar-refractivity contribution is -0.311. The normalized spacial score (nSPS) is 26.8. The minimum absolute atomic E-state index is 0.516. The predicted octanol–water partition coefficient (Wildman–Crippen LogP) is 1.98. The number of aldehydes is 1. The van der Waals surface area contributed by atoms with Crippen molar-refractivity contribution in [1.29, 1.82) is 5.26 Å². The van der Waals surface area contributed by atoms with Crippen molar-refractivity contribution in [3.8, 4) is 6.07 Å². The molecule has 2 rings (SSSR count). The molecule has 1 aliphatic heterocycles. The second-order valence-electron chi connectivity index (χ2n) is 4.14. The van der Waals surface area contributed by atoms with Crippen molar-refractivity contribution in [3.05, 3.63) is 35.4 Å². The van der Waals surface area contributed by atoms with E-state index in [1.807, 2.05) is 24.3 Å². The van der Waals surface area contributed by atoms with Crippen molar-refractivity contribution < 1.29 is 19.3 Å². The molecule has 0 bridgehead atoms. The summed E-state index contributed by atoms with van der Waals surface area (Å²) in [5, 5.41) is 8.78. The number of hydrogen-bond donors (Lipinski definition) is 0. The molecule has 1 aromatic carbocycles. The van der Waals surface area contributed by atoms with Gasteiger partial charge >= 0.3 is 0 Å². The van der Waals surface area contributed by atoms with Gasteiger partial charge in [0, 0.05) is 18.9 Å². The molecule has 0 aromatic heterocycles. The van der Waals surface area contributed by atoms with E-state index in [1.54, 1.807) is 6.07 Å². The summed E-state index contributed by atoms with van der Waals surface area (Å²) in [5.41, 5.74) is 1.57. The van der Waals surface area contributed by atoms with Crippen molar-refractivity contribution in [1.82, 2.24) is 0 Å². The molecule has 1 saturated heterocycles. The van der Waals surface area contributed by atoms with Crippen LogP contribution in [0.1, 0.15) is 29.3 Å². The average molecular weight is 247 g/mol. The highest BCUT2D eigenvalue weighted by Crippen LogP contribution is 2.26. The Hall–Kier alpha value is -1.74. The third-order valence-electron chi connectivity index (χ3n) is 2.71. The van der Waals surface area contributed by atoms with E-state index in [4.69, 9.17) is 19.8 Å². The maximum atomic E-state index is 10.8. The molecule has 0 radical (unpaired) electrons. The number of ether oxygens (including phenoxy) is 1.